The molecule has 0 saturated heterocycles. The first-order valence-electron chi connectivity index (χ1n) is 6.68. The monoisotopic (exact) mass is 299 g/mol. The maximum Gasteiger partial charge on any atom is 0.341 e. The molecule has 0 amide bonds. The molecule has 22 heavy (non-hydrogen) atoms. The van der Waals surface area contributed by atoms with E-state index in [4.69, 9.17) is 14.2 Å². The van der Waals surface area contributed by atoms with E-state index in [0.717, 1.165) is 5.69 Å². The molecule has 0 atom stereocenters. The maximum absolute atomic E-state index is 11.9. The highest BCUT2D eigenvalue weighted by atomic mass is 16.5. The average molecular weight is 299 g/mol. The fourth-order valence-electron chi connectivity index (χ4n) is 1.92. The molecule has 1 heterocycles. The summed E-state index contributed by atoms with van der Waals surface area (Å²) in [4.78, 5) is 16.2. The number of pyridine rings is 1. The van der Waals surface area contributed by atoms with Crippen molar-refractivity contribution in [2.45, 2.75) is 6.92 Å². The number of carbonyl (C=O) groups excluding carboxylic acids is 1. The van der Waals surface area contributed by atoms with Crippen molar-refractivity contribution in [2.75, 3.05) is 14.2 Å². The number of hydrogen-bond donors (Lipinski definition) is 0. The molecule has 1 aromatic carbocycles. The lowest BCUT2D eigenvalue weighted by Gasteiger charge is -2.12. The predicted molar refractivity (Wildman–Crippen MR) is 82.5 cm³/mol. The number of esters is 1. The Labute approximate surface area is 129 Å². The Balaban J connectivity index is 2.41. The number of aryl methyl sites for hydroxylation is 1. The summed E-state index contributed by atoms with van der Waals surface area (Å²) in [7, 11) is 2.78. The zero-order valence-electron chi connectivity index (χ0n) is 12.7. The van der Waals surface area contributed by atoms with Gasteiger partial charge >= 0.3 is 5.97 Å². The van der Waals surface area contributed by atoms with E-state index in [-0.39, 0.29) is 5.57 Å². The van der Waals surface area contributed by atoms with Crippen molar-refractivity contribution in [1.29, 1.82) is 0 Å². The van der Waals surface area contributed by atoms with Crippen molar-refractivity contribution in [3.63, 3.8) is 0 Å². The first-order chi connectivity index (χ1) is 10.7. The molecular weight excluding hydrogens is 282 g/mol. The van der Waals surface area contributed by atoms with E-state index in [2.05, 4.69) is 4.98 Å². The summed E-state index contributed by atoms with van der Waals surface area (Å²) in [5, 5.41) is 0. The Hall–Kier alpha value is -2.82. The van der Waals surface area contributed by atoms with E-state index in [1.165, 1.54) is 20.5 Å². The number of ether oxygens (including phenoxy) is 3. The van der Waals surface area contributed by atoms with Crippen molar-refractivity contribution >= 4 is 11.5 Å². The van der Waals surface area contributed by atoms with Crippen LogP contribution in [0.3, 0.4) is 0 Å². The molecule has 5 nitrogen and oxygen atoms in total. The third-order valence-corrected chi connectivity index (χ3v) is 2.90. The zero-order valence-corrected chi connectivity index (χ0v) is 12.7. The molecule has 0 saturated carbocycles. The fourth-order valence-corrected chi connectivity index (χ4v) is 1.92. The van der Waals surface area contributed by atoms with E-state index in [0.29, 0.717) is 17.2 Å². The molecule has 0 fully saturated rings. The summed E-state index contributed by atoms with van der Waals surface area (Å²) in [6, 6.07) is 12.6. The molecule has 0 bridgehead atoms. The molecule has 0 unspecified atom stereocenters. The second-order valence-corrected chi connectivity index (χ2v) is 4.47. The van der Waals surface area contributed by atoms with Gasteiger partial charge in [-0.2, -0.15) is 0 Å². The smallest absolute Gasteiger partial charge is 0.341 e. The second-order valence-electron chi connectivity index (χ2n) is 4.47. The SMILES string of the molecule is COC=C(C(=O)OC)c1ccccc1Oc1cccc(C)n1. The lowest BCUT2D eigenvalue weighted by atomic mass is 10.1. The van der Waals surface area contributed by atoms with Gasteiger partial charge in [0.05, 0.1) is 20.5 Å². The molecule has 0 spiro atoms. The average Bonchev–Trinajstić information content (AvgIpc) is 2.53. The molecular formula is C17H17NO4. The van der Waals surface area contributed by atoms with Crippen LogP contribution in [0.25, 0.3) is 5.57 Å². The van der Waals surface area contributed by atoms with Gasteiger partial charge in [0.25, 0.3) is 0 Å². The highest BCUT2D eigenvalue weighted by Crippen LogP contribution is 2.30. The minimum atomic E-state index is -0.505. The summed E-state index contributed by atoms with van der Waals surface area (Å²) in [6.07, 6.45) is 1.33. The van der Waals surface area contributed by atoms with E-state index in [1.54, 1.807) is 24.3 Å². The van der Waals surface area contributed by atoms with Crippen molar-refractivity contribution in [3.8, 4) is 11.6 Å². The topological polar surface area (TPSA) is 57.7 Å². The van der Waals surface area contributed by atoms with Crippen LogP contribution in [0.4, 0.5) is 0 Å². The normalized spacial score (nSPS) is 11.0. The molecule has 5 heteroatoms. The van der Waals surface area contributed by atoms with Crippen LogP contribution in [0.15, 0.2) is 48.7 Å². The van der Waals surface area contributed by atoms with Crippen LogP contribution in [0.5, 0.6) is 11.6 Å². The summed E-state index contributed by atoms with van der Waals surface area (Å²) < 4.78 is 15.6. The molecule has 1 aromatic heterocycles. The summed E-state index contributed by atoms with van der Waals surface area (Å²) >= 11 is 0. The maximum atomic E-state index is 11.9. The molecule has 0 aliphatic heterocycles. The van der Waals surface area contributed by atoms with Gasteiger partial charge in [0.15, 0.2) is 0 Å². The van der Waals surface area contributed by atoms with E-state index < -0.39 is 5.97 Å². The molecule has 2 aromatic rings. The molecule has 2 rings (SSSR count). The fraction of sp³-hybridized carbons (Fsp3) is 0.176. The van der Waals surface area contributed by atoms with E-state index in [1.807, 2.05) is 25.1 Å². The number of carbonyl (C=O) groups is 1. The number of benzene rings is 1. The van der Waals surface area contributed by atoms with Crippen LogP contribution >= 0.6 is 0 Å². The number of para-hydroxylation sites is 1. The minimum Gasteiger partial charge on any atom is -0.503 e. The summed E-state index contributed by atoms with van der Waals surface area (Å²) in [5.74, 6) is 0.443. The number of nitrogens with zero attached hydrogens (tertiary/aromatic N) is 1. The van der Waals surface area contributed by atoms with E-state index >= 15 is 0 Å². The van der Waals surface area contributed by atoms with Crippen LogP contribution in [0.2, 0.25) is 0 Å². The Bertz CT molecular complexity index is 695. The van der Waals surface area contributed by atoms with Crippen molar-refractivity contribution in [2.24, 2.45) is 0 Å². The van der Waals surface area contributed by atoms with Crippen LogP contribution < -0.4 is 4.74 Å². The van der Waals surface area contributed by atoms with Gasteiger partial charge < -0.3 is 14.2 Å². The number of rotatable bonds is 5. The third kappa shape index (κ3) is 3.63. The predicted octanol–water partition coefficient (Wildman–Crippen LogP) is 3.34. The van der Waals surface area contributed by atoms with E-state index in [9.17, 15) is 4.79 Å². The highest BCUT2D eigenvalue weighted by Gasteiger charge is 2.18. The first-order valence-corrected chi connectivity index (χ1v) is 6.68. The summed E-state index contributed by atoms with van der Waals surface area (Å²) in [6.45, 7) is 1.88. The number of hydrogen-bond acceptors (Lipinski definition) is 5. The molecule has 0 aliphatic rings. The highest BCUT2D eigenvalue weighted by molar-refractivity contribution is 6.17. The van der Waals surface area contributed by atoms with Crippen LogP contribution in [0, 0.1) is 6.92 Å². The van der Waals surface area contributed by atoms with Gasteiger partial charge in [-0.05, 0) is 19.1 Å². The molecule has 0 aliphatic carbocycles. The molecule has 0 N–H and O–H groups in total. The van der Waals surface area contributed by atoms with Crippen molar-refractivity contribution < 1.29 is 19.0 Å². The second kappa shape index (κ2) is 7.26. The Morgan fingerprint density at radius 2 is 1.86 bits per heavy atom. The quantitative estimate of drug-likeness (QED) is 0.481. The Kier molecular flexibility index (Phi) is 5.14. The molecule has 114 valence electrons. The Morgan fingerprint density at radius 3 is 2.55 bits per heavy atom. The van der Waals surface area contributed by atoms with Gasteiger partial charge in [0.2, 0.25) is 5.88 Å². The van der Waals surface area contributed by atoms with Crippen LogP contribution in [-0.4, -0.2) is 25.2 Å². The van der Waals surface area contributed by atoms with Crippen molar-refractivity contribution in [3.05, 3.63) is 60.0 Å². The lowest BCUT2D eigenvalue weighted by molar-refractivity contribution is -0.133. The van der Waals surface area contributed by atoms with Crippen molar-refractivity contribution in [1.82, 2.24) is 4.98 Å². The van der Waals surface area contributed by atoms with Gasteiger partial charge in [0, 0.05) is 17.3 Å². The first kappa shape index (κ1) is 15.6. The summed E-state index contributed by atoms with van der Waals surface area (Å²) in [5.41, 5.74) is 1.68. The Morgan fingerprint density at radius 1 is 1.09 bits per heavy atom. The minimum absolute atomic E-state index is 0.272. The van der Waals surface area contributed by atoms with Gasteiger partial charge in [-0.15, -0.1) is 0 Å². The van der Waals surface area contributed by atoms with Gasteiger partial charge in [0.1, 0.15) is 11.3 Å². The van der Waals surface area contributed by atoms with Gasteiger partial charge in [-0.1, -0.05) is 24.3 Å². The molecule has 0 radical (unpaired) electrons. The van der Waals surface area contributed by atoms with Gasteiger partial charge in [-0.25, -0.2) is 9.78 Å². The largest absolute Gasteiger partial charge is 0.503 e. The van der Waals surface area contributed by atoms with Gasteiger partial charge in [-0.3, -0.25) is 0 Å². The number of aromatic nitrogens is 1. The van der Waals surface area contributed by atoms with Crippen LogP contribution in [-0.2, 0) is 14.3 Å². The third-order valence-electron chi connectivity index (χ3n) is 2.90. The number of methoxy groups -OCH3 is 2. The zero-order chi connectivity index (χ0) is 15.9. The van der Waals surface area contributed by atoms with Crippen LogP contribution in [0.1, 0.15) is 11.3 Å². The standard InChI is InChI=1S/C17H17NO4/c1-12-7-6-10-16(18-12)22-15-9-5-4-8-13(15)14(11-20-2)17(19)21-3/h4-11H,1-3H3. The lowest BCUT2D eigenvalue weighted by Crippen LogP contribution is -2.06.